The number of nitrogens with two attached hydrogens (primary N) is 1. The molecule has 3 aromatic rings. The van der Waals surface area contributed by atoms with Crippen molar-refractivity contribution in [1.29, 1.82) is 0 Å². The van der Waals surface area contributed by atoms with Gasteiger partial charge in [0.2, 0.25) is 10.0 Å². The summed E-state index contributed by atoms with van der Waals surface area (Å²) < 4.78 is 29.3. The van der Waals surface area contributed by atoms with Crippen molar-refractivity contribution in [3.05, 3.63) is 66.3 Å². The Morgan fingerprint density at radius 1 is 1.04 bits per heavy atom. The van der Waals surface area contributed by atoms with Crippen LogP contribution < -0.4 is 10.5 Å². The Labute approximate surface area is 163 Å². The quantitative estimate of drug-likeness (QED) is 0.702. The summed E-state index contributed by atoms with van der Waals surface area (Å²) in [6.45, 7) is 1.91. The van der Waals surface area contributed by atoms with Gasteiger partial charge in [-0.15, -0.1) is 0 Å². The van der Waals surface area contributed by atoms with E-state index < -0.39 is 15.3 Å². The lowest BCUT2D eigenvalue weighted by Gasteiger charge is -2.27. The van der Waals surface area contributed by atoms with E-state index >= 15 is 0 Å². The lowest BCUT2D eigenvalue weighted by molar-refractivity contribution is 0.576. The molecule has 144 valence electrons. The largest absolute Gasteiger partial charge is 0.324 e. The van der Waals surface area contributed by atoms with Gasteiger partial charge in [-0.25, -0.2) is 13.4 Å². The van der Waals surface area contributed by atoms with E-state index in [1.807, 2.05) is 31.2 Å². The molecular weight excluding hydrogens is 374 g/mol. The first-order chi connectivity index (χ1) is 13.5. The van der Waals surface area contributed by atoms with Gasteiger partial charge in [-0.05, 0) is 49.1 Å². The maximum Gasteiger partial charge on any atom is 0.241 e. The Bertz CT molecular complexity index is 1150. The predicted molar refractivity (Wildman–Crippen MR) is 110 cm³/mol. The monoisotopic (exact) mass is 395 g/mol. The van der Waals surface area contributed by atoms with Crippen LogP contribution in [0, 0.1) is 6.92 Å². The molecule has 1 aliphatic rings. The van der Waals surface area contributed by atoms with Crippen molar-refractivity contribution in [3.63, 3.8) is 0 Å². The summed E-state index contributed by atoms with van der Waals surface area (Å²) in [6.07, 6.45) is 7.66. The minimum Gasteiger partial charge on any atom is -0.324 e. The van der Waals surface area contributed by atoms with E-state index in [2.05, 4.69) is 19.7 Å². The van der Waals surface area contributed by atoms with Crippen molar-refractivity contribution in [3.8, 4) is 0 Å². The van der Waals surface area contributed by atoms with Crippen LogP contribution in [-0.2, 0) is 10.0 Å². The molecule has 8 heteroatoms. The van der Waals surface area contributed by atoms with E-state index in [-0.39, 0.29) is 11.9 Å². The molecule has 2 atom stereocenters. The van der Waals surface area contributed by atoms with Crippen LogP contribution in [0.1, 0.15) is 24.1 Å². The third-order valence-corrected chi connectivity index (χ3v) is 6.64. The first-order valence-corrected chi connectivity index (χ1v) is 10.6. The van der Waals surface area contributed by atoms with E-state index in [4.69, 9.17) is 5.73 Å². The summed E-state index contributed by atoms with van der Waals surface area (Å²) in [5, 5.41) is 0.0545. The summed E-state index contributed by atoms with van der Waals surface area (Å²) in [5.41, 5.74) is 8.83. The Hall–Kier alpha value is -2.84. The second-order valence-electron chi connectivity index (χ2n) is 6.90. The zero-order valence-electron chi connectivity index (χ0n) is 15.4. The number of aromatic nitrogens is 3. The fourth-order valence-electron chi connectivity index (χ4n) is 3.55. The molecule has 28 heavy (non-hydrogen) atoms. The maximum absolute atomic E-state index is 13.3. The smallest absolute Gasteiger partial charge is 0.241 e. The van der Waals surface area contributed by atoms with Gasteiger partial charge in [0.15, 0.2) is 5.82 Å². The van der Waals surface area contributed by atoms with E-state index in [9.17, 15) is 8.42 Å². The van der Waals surface area contributed by atoms with Crippen LogP contribution >= 0.6 is 0 Å². The van der Waals surface area contributed by atoms with Crippen molar-refractivity contribution in [2.45, 2.75) is 31.1 Å². The van der Waals surface area contributed by atoms with Crippen LogP contribution in [0.2, 0.25) is 0 Å². The summed E-state index contributed by atoms with van der Waals surface area (Å²) >= 11 is 0. The molecule has 0 spiro atoms. The number of sulfonamides is 1. The summed E-state index contributed by atoms with van der Waals surface area (Å²) in [4.78, 5) is 12.9. The predicted octanol–water partition coefficient (Wildman–Crippen LogP) is 2.65. The number of pyridine rings is 3. The van der Waals surface area contributed by atoms with Crippen molar-refractivity contribution in [2.75, 3.05) is 4.72 Å². The number of hydrogen-bond acceptors (Lipinski definition) is 6. The van der Waals surface area contributed by atoms with Gasteiger partial charge in [0.05, 0.1) is 5.69 Å². The number of anilines is 1. The number of nitrogens with zero attached hydrogens (tertiary/aromatic N) is 3. The van der Waals surface area contributed by atoms with Crippen molar-refractivity contribution < 1.29 is 8.42 Å². The molecule has 7 nitrogen and oxygen atoms in total. The maximum atomic E-state index is 13.3. The second kappa shape index (κ2) is 7.29. The lowest BCUT2D eigenvalue weighted by atomic mass is 9.92. The van der Waals surface area contributed by atoms with Gasteiger partial charge in [-0.3, -0.25) is 14.7 Å². The van der Waals surface area contributed by atoms with E-state index in [1.54, 1.807) is 30.7 Å². The second-order valence-corrected chi connectivity index (χ2v) is 8.77. The van der Waals surface area contributed by atoms with E-state index in [1.165, 1.54) is 0 Å². The number of hydrogen-bond donors (Lipinski definition) is 2. The highest BCUT2D eigenvalue weighted by Gasteiger charge is 2.35. The Morgan fingerprint density at radius 2 is 1.82 bits per heavy atom. The minimum absolute atomic E-state index is 0.194. The average molecular weight is 395 g/mol. The first kappa shape index (κ1) is 18.5. The molecule has 3 N–H and O–H groups in total. The molecule has 0 aromatic carbocycles. The van der Waals surface area contributed by atoms with Crippen molar-refractivity contribution in [1.82, 2.24) is 15.0 Å². The Morgan fingerprint density at radius 3 is 2.64 bits per heavy atom. The minimum atomic E-state index is -3.78. The highest BCUT2D eigenvalue weighted by Crippen LogP contribution is 2.33. The van der Waals surface area contributed by atoms with Crippen LogP contribution in [0.15, 0.2) is 55.0 Å². The number of nitrogens with one attached hydrogen (secondary N) is 1. The molecule has 2 unspecified atom stereocenters. The normalized spacial score (nSPS) is 20.0. The molecule has 0 aliphatic heterocycles. The molecule has 0 radical (unpaired) electrons. The van der Waals surface area contributed by atoms with Gasteiger partial charge >= 0.3 is 0 Å². The highest BCUT2D eigenvalue weighted by atomic mass is 32.2. The van der Waals surface area contributed by atoms with Gasteiger partial charge in [0, 0.05) is 30.0 Å². The SMILES string of the molecule is Cc1cccnc1C1=CC(N)CCC1S(=O)(=O)Nc1nccc2cccnc12. The van der Waals surface area contributed by atoms with Crippen LogP contribution in [0.4, 0.5) is 5.82 Å². The number of rotatable bonds is 4. The van der Waals surface area contributed by atoms with Gasteiger partial charge in [-0.2, -0.15) is 0 Å². The van der Waals surface area contributed by atoms with Gasteiger partial charge in [0.1, 0.15) is 10.8 Å². The molecular formula is C20H21N5O2S. The average Bonchev–Trinajstić information content (AvgIpc) is 2.68. The third kappa shape index (κ3) is 3.48. The lowest BCUT2D eigenvalue weighted by Crippen LogP contribution is -2.36. The van der Waals surface area contributed by atoms with Crippen molar-refractivity contribution >= 4 is 32.3 Å². The van der Waals surface area contributed by atoms with Gasteiger partial charge < -0.3 is 5.73 Å². The third-order valence-electron chi connectivity index (χ3n) is 4.92. The molecule has 0 fully saturated rings. The fourth-order valence-corrected chi connectivity index (χ4v) is 5.08. The molecule has 4 rings (SSSR count). The highest BCUT2D eigenvalue weighted by molar-refractivity contribution is 7.93. The summed E-state index contributed by atoms with van der Waals surface area (Å²) in [5.74, 6) is 0.227. The first-order valence-electron chi connectivity index (χ1n) is 9.06. The van der Waals surface area contributed by atoms with E-state index in [0.717, 1.165) is 10.9 Å². The molecule has 1 aliphatic carbocycles. The standard InChI is InChI=1S/C20H21N5O2S/c1-13-4-2-9-22-18(13)16-12-15(21)6-7-17(16)28(26,27)25-20-19-14(8-11-24-20)5-3-10-23-19/h2-5,8-12,15,17H,6-7,21H2,1H3,(H,24,25). The Kier molecular flexibility index (Phi) is 4.82. The summed E-state index contributed by atoms with van der Waals surface area (Å²) in [7, 11) is -3.78. The number of fused-ring (bicyclic) bond motifs is 1. The van der Waals surface area contributed by atoms with Crippen LogP contribution in [0.5, 0.6) is 0 Å². The zero-order valence-corrected chi connectivity index (χ0v) is 16.2. The summed E-state index contributed by atoms with van der Waals surface area (Å²) in [6, 6.07) is 9.01. The van der Waals surface area contributed by atoms with Crippen LogP contribution in [0.25, 0.3) is 16.5 Å². The molecule has 3 heterocycles. The van der Waals surface area contributed by atoms with Crippen molar-refractivity contribution in [2.24, 2.45) is 5.73 Å². The zero-order chi connectivity index (χ0) is 19.7. The van der Waals surface area contributed by atoms with Gasteiger partial charge in [0.25, 0.3) is 0 Å². The van der Waals surface area contributed by atoms with Crippen LogP contribution in [-0.4, -0.2) is 34.7 Å². The molecule has 0 amide bonds. The fraction of sp³-hybridized carbons (Fsp3) is 0.250. The molecule has 0 saturated heterocycles. The molecule has 0 bridgehead atoms. The molecule has 0 saturated carbocycles. The molecule has 3 aromatic heterocycles. The topological polar surface area (TPSA) is 111 Å². The van der Waals surface area contributed by atoms with E-state index in [0.29, 0.717) is 29.6 Å². The van der Waals surface area contributed by atoms with Gasteiger partial charge in [-0.1, -0.05) is 18.2 Å². The van der Waals surface area contributed by atoms with Crippen LogP contribution in [0.3, 0.4) is 0 Å². The Balaban J connectivity index is 1.75. The number of aryl methyl sites for hydroxylation is 1.